The molecule has 5 rings (SSSR count). The van der Waals surface area contributed by atoms with Gasteiger partial charge in [-0.25, -0.2) is 9.37 Å². The van der Waals surface area contributed by atoms with Gasteiger partial charge in [0.1, 0.15) is 18.2 Å². The first-order valence-electron chi connectivity index (χ1n) is 10.8. The SMILES string of the molecule is O[C@@H]1CCCC[C@H]1Nc1nc2ccc(Oc3ccnc(-c4cnn(CCF)c4)c3)cc2s1. The number of ether oxygens (including phenoxy) is 1. The Kier molecular flexibility index (Phi) is 6.00. The van der Waals surface area contributed by atoms with Gasteiger partial charge in [-0.15, -0.1) is 0 Å². The third kappa shape index (κ3) is 4.58. The van der Waals surface area contributed by atoms with Gasteiger partial charge < -0.3 is 15.2 Å². The largest absolute Gasteiger partial charge is 0.457 e. The van der Waals surface area contributed by atoms with Crippen molar-refractivity contribution >= 4 is 26.7 Å². The quantitative estimate of drug-likeness (QED) is 0.408. The predicted octanol–water partition coefficient (Wildman–Crippen LogP) is 5.03. The minimum Gasteiger partial charge on any atom is -0.457 e. The molecule has 2 N–H and O–H groups in total. The topological polar surface area (TPSA) is 85.1 Å². The zero-order valence-corrected chi connectivity index (χ0v) is 18.3. The van der Waals surface area contributed by atoms with E-state index < -0.39 is 6.67 Å². The first kappa shape index (κ1) is 20.8. The smallest absolute Gasteiger partial charge is 0.184 e. The van der Waals surface area contributed by atoms with Crippen LogP contribution in [0.1, 0.15) is 25.7 Å². The lowest BCUT2D eigenvalue weighted by atomic mass is 9.93. The van der Waals surface area contributed by atoms with Crippen LogP contribution in [0.3, 0.4) is 0 Å². The molecule has 0 radical (unpaired) electrons. The number of nitrogens with zero attached hydrogens (tertiary/aromatic N) is 4. The normalized spacial score (nSPS) is 18.7. The van der Waals surface area contributed by atoms with E-state index in [9.17, 15) is 9.50 Å². The highest BCUT2D eigenvalue weighted by Gasteiger charge is 2.23. The van der Waals surface area contributed by atoms with E-state index in [1.54, 1.807) is 40.7 Å². The highest BCUT2D eigenvalue weighted by atomic mass is 32.1. The van der Waals surface area contributed by atoms with Gasteiger partial charge in [0.05, 0.1) is 40.8 Å². The van der Waals surface area contributed by atoms with E-state index in [-0.39, 0.29) is 18.7 Å². The summed E-state index contributed by atoms with van der Waals surface area (Å²) in [5.41, 5.74) is 2.41. The van der Waals surface area contributed by atoms with Crippen LogP contribution in [0.25, 0.3) is 21.5 Å². The van der Waals surface area contributed by atoms with Crippen LogP contribution in [-0.2, 0) is 6.54 Å². The lowest BCUT2D eigenvalue weighted by Gasteiger charge is -2.27. The summed E-state index contributed by atoms with van der Waals surface area (Å²) in [6.07, 6.45) is 8.81. The van der Waals surface area contributed by atoms with E-state index in [2.05, 4.69) is 20.4 Å². The zero-order valence-electron chi connectivity index (χ0n) is 17.4. The van der Waals surface area contributed by atoms with Crippen LogP contribution in [0.5, 0.6) is 11.5 Å². The summed E-state index contributed by atoms with van der Waals surface area (Å²) in [6, 6.07) is 9.49. The van der Waals surface area contributed by atoms with Gasteiger partial charge in [-0.1, -0.05) is 24.2 Å². The van der Waals surface area contributed by atoms with Gasteiger partial charge >= 0.3 is 0 Å². The molecule has 1 aliphatic carbocycles. The van der Waals surface area contributed by atoms with Crippen molar-refractivity contribution in [3.05, 3.63) is 48.9 Å². The van der Waals surface area contributed by atoms with Crippen molar-refractivity contribution in [1.29, 1.82) is 0 Å². The standard InChI is InChI=1S/C23H24FN5O2S/c24-8-10-29-14-15(13-26-29)20-11-17(7-9-25-20)31-16-5-6-19-22(12-16)32-23(28-19)27-18-3-1-2-4-21(18)30/h5-7,9,11-14,18,21,30H,1-4,8,10H2,(H,27,28)/t18-,21-/m1/s1. The molecule has 4 aromatic rings. The summed E-state index contributed by atoms with van der Waals surface area (Å²) < 4.78 is 21.2. The molecule has 0 saturated heterocycles. The molecule has 7 nitrogen and oxygen atoms in total. The molecule has 1 saturated carbocycles. The van der Waals surface area contributed by atoms with Gasteiger partial charge in [0, 0.05) is 30.1 Å². The summed E-state index contributed by atoms with van der Waals surface area (Å²) in [6.45, 7) is -0.238. The van der Waals surface area contributed by atoms with Crippen LogP contribution in [0.2, 0.25) is 0 Å². The number of halogens is 1. The Morgan fingerprint density at radius 1 is 1.19 bits per heavy atom. The van der Waals surface area contributed by atoms with E-state index in [0.717, 1.165) is 46.6 Å². The highest BCUT2D eigenvalue weighted by Crippen LogP contribution is 2.33. The Morgan fingerprint density at radius 3 is 2.94 bits per heavy atom. The fourth-order valence-electron chi connectivity index (χ4n) is 3.94. The molecule has 0 unspecified atom stereocenters. The average Bonchev–Trinajstić information content (AvgIpc) is 3.42. The third-order valence-electron chi connectivity index (χ3n) is 5.61. The van der Waals surface area contributed by atoms with Crippen molar-refractivity contribution in [3.8, 4) is 22.8 Å². The molecule has 0 aliphatic heterocycles. The number of thiazole rings is 1. The number of pyridine rings is 1. The predicted molar refractivity (Wildman–Crippen MR) is 123 cm³/mol. The lowest BCUT2D eigenvalue weighted by Crippen LogP contribution is -2.36. The molecule has 32 heavy (non-hydrogen) atoms. The number of alkyl halides is 1. The minimum absolute atomic E-state index is 0.0598. The summed E-state index contributed by atoms with van der Waals surface area (Å²) in [7, 11) is 0. The Morgan fingerprint density at radius 2 is 2.06 bits per heavy atom. The van der Waals surface area contributed by atoms with Crippen molar-refractivity contribution in [2.24, 2.45) is 0 Å². The van der Waals surface area contributed by atoms with Crippen LogP contribution in [0.15, 0.2) is 48.9 Å². The van der Waals surface area contributed by atoms with Gasteiger partial charge in [0.15, 0.2) is 5.13 Å². The second-order valence-corrected chi connectivity index (χ2v) is 8.94. The van der Waals surface area contributed by atoms with E-state index in [1.165, 1.54) is 0 Å². The molecule has 2 atom stereocenters. The lowest BCUT2D eigenvalue weighted by molar-refractivity contribution is 0.116. The number of hydrogen-bond donors (Lipinski definition) is 2. The third-order valence-corrected chi connectivity index (χ3v) is 6.56. The molecule has 3 aromatic heterocycles. The van der Waals surface area contributed by atoms with Crippen molar-refractivity contribution in [3.63, 3.8) is 0 Å². The van der Waals surface area contributed by atoms with Crippen molar-refractivity contribution in [1.82, 2.24) is 19.7 Å². The van der Waals surface area contributed by atoms with Crippen LogP contribution in [0, 0.1) is 0 Å². The first-order chi connectivity index (χ1) is 15.7. The molecule has 3 heterocycles. The Labute approximate surface area is 188 Å². The maximum Gasteiger partial charge on any atom is 0.184 e. The molecule has 0 bridgehead atoms. The summed E-state index contributed by atoms with van der Waals surface area (Å²) in [4.78, 5) is 9.03. The van der Waals surface area contributed by atoms with Crippen LogP contribution in [-0.4, -0.2) is 43.7 Å². The second-order valence-electron chi connectivity index (χ2n) is 7.91. The summed E-state index contributed by atoms with van der Waals surface area (Å²) >= 11 is 1.56. The fraction of sp³-hybridized carbons (Fsp3) is 0.348. The first-order valence-corrected chi connectivity index (χ1v) is 11.6. The number of anilines is 1. The minimum atomic E-state index is -0.462. The molecular formula is C23H24FN5O2S. The van der Waals surface area contributed by atoms with Gasteiger partial charge in [-0.2, -0.15) is 5.10 Å². The van der Waals surface area contributed by atoms with Crippen LogP contribution < -0.4 is 10.1 Å². The zero-order chi connectivity index (χ0) is 21.9. The van der Waals surface area contributed by atoms with Gasteiger partial charge in [-0.05, 0) is 31.0 Å². The number of rotatable bonds is 7. The molecule has 1 aromatic carbocycles. The average molecular weight is 454 g/mol. The number of aromatic nitrogens is 4. The second kappa shape index (κ2) is 9.22. The maximum atomic E-state index is 12.5. The number of fused-ring (bicyclic) bond motifs is 1. The number of nitrogens with one attached hydrogen (secondary N) is 1. The van der Waals surface area contributed by atoms with E-state index >= 15 is 0 Å². The summed E-state index contributed by atoms with van der Waals surface area (Å²) in [5, 5.41) is 18.6. The monoisotopic (exact) mass is 453 g/mol. The van der Waals surface area contributed by atoms with Gasteiger partial charge in [0.2, 0.25) is 0 Å². The van der Waals surface area contributed by atoms with Crippen molar-refractivity contribution in [2.75, 3.05) is 12.0 Å². The van der Waals surface area contributed by atoms with E-state index in [0.29, 0.717) is 17.2 Å². The maximum absolute atomic E-state index is 12.5. The van der Waals surface area contributed by atoms with Gasteiger partial charge in [-0.3, -0.25) is 9.67 Å². The highest BCUT2D eigenvalue weighted by molar-refractivity contribution is 7.22. The van der Waals surface area contributed by atoms with Crippen LogP contribution in [0.4, 0.5) is 9.52 Å². The molecule has 0 spiro atoms. The molecule has 1 aliphatic rings. The van der Waals surface area contributed by atoms with Crippen molar-refractivity contribution in [2.45, 2.75) is 44.4 Å². The summed E-state index contributed by atoms with van der Waals surface area (Å²) in [5.74, 6) is 1.36. The Balaban J connectivity index is 1.31. The molecular weight excluding hydrogens is 429 g/mol. The number of aliphatic hydroxyl groups excluding tert-OH is 1. The fourth-order valence-corrected chi connectivity index (χ4v) is 4.90. The number of hydrogen-bond acceptors (Lipinski definition) is 7. The molecule has 1 fully saturated rings. The molecule has 0 amide bonds. The van der Waals surface area contributed by atoms with E-state index in [1.807, 2.05) is 24.3 Å². The van der Waals surface area contributed by atoms with Gasteiger partial charge in [0.25, 0.3) is 0 Å². The number of aliphatic hydroxyl groups is 1. The molecule has 166 valence electrons. The van der Waals surface area contributed by atoms with Crippen molar-refractivity contribution < 1.29 is 14.2 Å². The Hall–Kier alpha value is -3.04. The molecule has 9 heteroatoms. The Bertz CT molecular complexity index is 1210. The van der Waals surface area contributed by atoms with E-state index in [4.69, 9.17) is 4.74 Å². The number of aryl methyl sites for hydroxylation is 1. The van der Waals surface area contributed by atoms with Crippen LogP contribution >= 0.6 is 11.3 Å². The number of benzene rings is 1.